The fourth-order valence-corrected chi connectivity index (χ4v) is 1.97. The van der Waals surface area contributed by atoms with E-state index in [4.69, 9.17) is 0 Å². The zero-order chi connectivity index (χ0) is 13.9. The fourth-order valence-electron chi connectivity index (χ4n) is 1.97. The van der Waals surface area contributed by atoms with Crippen molar-refractivity contribution in [2.75, 3.05) is 5.32 Å². The van der Waals surface area contributed by atoms with E-state index >= 15 is 0 Å². The van der Waals surface area contributed by atoms with Gasteiger partial charge in [0.05, 0.1) is 23.1 Å². The van der Waals surface area contributed by atoms with Crippen LogP contribution in [0.1, 0.15) is 16.1 Å². The number of carbonyl (C=O) groups is 1. The molecular weight excluding hydrogens is 254 g/mol. The molecule has 3 aromatic rings. The number of aromatic nitrogens is 4. The molecule has 1 aromatic carbocycles. The van der Waals surface area contributed by atoms with Crippen LogP contribution in [0, 0.1) is 6.92 Å². The number of anilines is 1. The van der Waals surface area contributed by atoms with Gasteiger partial charge in [0.25, 0.3) is 5.91 Å². The van der Waals surface area contributed by atoms with Gasteiger partial charge in [0.15, 0.2) is 0 Å². The first-order valence-corrected chi connectivity index (χ1v) is 6.16. The molecule has 6 nitrogen and oxygen atoms in total. The lowest BCUT2D eigenvalue weighted by Crippen LogP contribution is -2.14. The van der Waals surface area contributed by atoms with E-state index < -0.39 is 0 Å². The number of hydrogen-bond donors (Lipinski definition) is 2. The third kappa shape index (κ3) is 2.18. The van der Waals surface area contributed by atoms with Crippen molar-refractivity contribution in [3.63, 3.8) is 0 Å². The van der Waals surface area contributed by atoms with Gasteiger partial charge in [0.1, 0.15) is 0 Å². The van der Waals surface area contributed by atoms with Gasteiger partial charge in [-0.25, -0.2) is 9.67 Å². The molecule has 1 amide bonds. The van der Waals surface area contributed by atoms with Crippen molar-refractivity contribution < 1.29 is 4.79 Å². The number of imidazole rings is 1. The molecule has 0 unspecified atom stereocenters. The lowest BCUT2D eigenvalue weighted by molar-refractivity contribution is 0.102. The Kier molecular flexibility index (Phi) is 3.04. The second-order valence-corrected chi connectivity index (χ2v) is 4.28. The minimum absolute atomic E-state index is 0.236. The Hall–Kier alpha value is -2.89. The summed E-state index contributed by atoms with van der Waals surface area (Å²) < 4.78 is 1.73. The number of rotatable bonds is 3. The summed E-state index contributed by atoms with van der Waals surface area (Å²) in [7, 11) is 0. The Morgan fingerprint density at radius 1 is 1.30 bits per heavy atom. The van der Waals surface area contributed by atoms with Crippen LogP contribution in [0.5, 0.6) is 0 Å². The largest absolute Gasteiger partial charge is 0.331 e. The van der Waals surface area contributed by atoms with Crippen molar-refractivity contribution in [1.29, 1.82) is 0 Å². The number of H-pyrrole nitrogens is 1. The van der Waals surface area contributed by atoms with E-state index in [1.54, 1.807) is 23.3 Å². The molecule has 0 radical (unpaired) electrons. The molecule has 0 aliphatic carbocycles. The van der Waals surface area contributed by atoms with E-state index in [1.807, 2.05) is 37.3 Å². The van der Waals surface area contributed by atoms with E-state index in [-0.39, 0.29) is 5.91 Å². The van der Waals surface area contributed by atoms with Crippen molar-refractivity contribution >= 4 is 11.9 Å². The summed E-state index contributed by atoms with van der Waals surface area (Å²) in [6.07, 6.45) is 4.78. The Bertz CT molecular complexity index is 715. The van der Waals surface area contributed by atoms with E-state index in [1.165, 1.54) is 0 Å². The van der Waals surface area contributed by atoms with Gasteiger partial charge in [0, 0.05) is 12.4 Å². The maximum Gasteiger partial charge on any atom is 0.261 e. The lowest BCUT2D eigenvalue weighted by atomic mass is 10.2. The first kappa shape index (κ1) is 12.2. The quantitative estimate of drug-likeness (QED) is 0.763. The van der Waals surface area contributed by atoms with Crippen LogP contribution in [0.2, 0.25) is 0 Å². The second-order valence-electron chi connectivity index (χ2n) is 4.28. The molecule has 2 heterocycles. The molecule has 3 rings (SSSR count). The highest BCUT2D eigenvalue weighted by molar-refractivity contribution is 6.04. The van der Waals surface area contributed by atoms with Gasteiger partial charge in [0.2, 0.25) is 5.95 Å². The van der Waals surface area contributed by atoms with Crippen LogP contribution < -0.4 is 5.32 Å². The molecule has 20 heavy (non-hydrogen) atoms. The average Bonchev–Trinajstić information content (AvgIpc) is 3.09. The van der Waals surface area contributed by atoms with Crippen LogP contribution in [0.25, 0.3) is 5.69 Å². The molecule has 2 N–H and O–H groups in total. The molecule has 0 aliphatic rings. The monoisotopic (exact) mass is 267 g/mol. The van der Waals surface area contributed by atoms with Crippen LogP contribution in [-0.4, -0.2) is 25.7 Å². The van der Waals surface area contributed by atoms with Crippen LogP contribution in [0.4, 0.5) is 5.95 Å². The number of amides is 1. The smallest absolute Gasteiger partial charge is 0.261 e. The molecular formula is C14H13N5O. The third-order valence-electron chi connectivity index (χ3n) is 2.99. The first-order valence-electron chi connectivity index (χ1n) is 6.16. The topological polar surface area (TPSA) is 75.6 Å². The average molecular weight is 267 g/mol. The first-order chi connectivity index (χ1) is 9.75. The molecule has 0 saturated heterocycles. The number of carbonyl (C=O) groups excluding carboxylic acids is 1. The van der Waals surface area contributed by atoms with Crippen LogP contribution in [-0.2, 0) is 0 Å². The van der Waals surface area contributed by atoms with Gasteiger partial charge in [-0.3, -0.25) is 10.1 Å². The Morgan fingerprint density at radius 3 is 2.80 bits per heavy atom. The number of nitrogens with zero attached hydrogens (tertiary/aromatic N) is 3. The summed E-state index contributed by atoms with van der Waals surface area (Å²) in [4.78, 5) is 18.9. The van der Waals surface area contributed by atoms with Crippen LogP contribution in [0.3, 0.4) is 0 Å². The van der Waals surface area contributed by atoms with Gasteiger partial charge in [-0.2, -0.15) is 5.10 Å². The van der Waals surface area contributed by atoms with Crippen molar-refractivity contribution in [3.8, 4) is 5.69 Å². The molecule has 0 atom stereocenters. The van der Waals surface area contributed by atoms with Crippen molar-refractivity contribution in [1.82, 2.24) is 19.7 Å². The van der Waals surface area contributed by atoms with E-state index in [2.05, 4.69) is 20.4 Å². The predicted molar refractivity (Wildman–Crippen MR) is 74.8 cm³/mol. The number of nitrogens with one attached hydrogen (secondary N) is 2. The standard InChI is InChI=1S/C14H13N5O/c1-10-12(13(20)18-14-15-7-8-16-14)9-17-19(10)11-5-3-2-4-6-11/h2-9H,1H3,(H2,15,16,18,20). The number of benzene rings is 1. The summed E-state index contributed by atoms with van der Waals surface area (Å²) in [6.45, 7) is 1.86. The highest BCUT2D eigenvalue weighted by Crippen LogP contribution is 2.14. The minimum atomic E-state index is -0.236. The summed E-state index contributed by atoms with van der Waals surface area (Å²) >= 11 is 0. The van der Waals surface area contributed by atoms with Gasteiger partial charge in [-0.15, -0.1) is 0 Å². The van der Waals surface area contributed by atoms with Gasteiger partial charge >= 0.3 is 0 Å². The number of aromatic amines is 1. The summed E-state index contributed by atoms with van der Waals surface area (Å²) in [5.41, 5.74) is 2.22. The molecule has 0 aliphatic heterocycles. The van der Waals surface area contributed by atoms with E-state index in [9.17, 15) is 4.79 Å². The summed E-state index contributed by atoms with van der Waals surface area (Å²) in [5.74, 6) is 0.182. The highest BCUT2D eigenvalue weighted by atomic mass is 16.1. The van der Waals surface area contributed by atoms with Crippen LogP contribution >= 0.6 is 0 Å². The Labute approximate surface area is 115 Å². The predicted octanol–water partition coefficient (Wildman–Crippen LogP) is 2.16. The third-order valence-corrected chi connectivity index (χ3v) is 2.99. The SMILES string of the molecule is Cc1c(C(=O)Nc2ncc[nH]2)cnn1-c1ccccc1. The molecule has 0 bridgehead atoms. The molecule has 100 valence electrons. The van der Waals surface area contributed by atoms with Gasteiger partial charge < -0.3 is 4.98 Å². The maximum atomic E-state index is 12.2. The van der Waals surface area contributed by atoms with E-state index in [0.29, 0.717) is 11.5 Å². The molecule has 6 heteroatoms. The summed E-state index contributed by atoms with van der Waals surface area (Å²) in [6, 6.07) is 9.67. The lowest BCUT2D eigenvalue weighted by Gasteiger charge is -2.05. The maximum absolute atomic E-state index is 12.2. The molecule has 0 fully saturated rings. The zero-order valence-electron chi connectivity index (χ0n) is 10.9. The van der Waals surface area contributed by atoms with Gasteiger partial charge in [-0.05, 0) is 19.1 Å². The molecule has 2 aromatic heterocycles. The minimum Gasteiger partial charge on any atom is -0.331 e. The van der Waals surface area contributed by atoms with Gasteiger partial charge in [-0.1, -0.05) is 18.2 Å². The molecule has 0 saturated carbocycles. The Balaban J connectivity index is 1.89. The highest BCUT2D eigenvalue weighted by Gasteiger charge is 2.15. The van der Waals surface area contributed by atoms with Crippen molar-refractivity contribution in [2.45, 2.75) is 6.92 Å². The Morgan fingerprint density at radius 2 is 2.10 bits per heavy atom. The zero-order valence-corrected chi connectivity index (χ0v) is 10.9. The normalized spacial score (nSPS) is 10.4. The fraction of sp³-hybridized carbons (Fsp3) is 0.0714. The second kappa shape index (κ2) is 5.00. The van der Waals surface area contributed by atoms with Crippen molar-refractivity contribution in [2.24, 2.45) is 0 Å². The van der Waals surface area contributed by atoms with Crippen LogP contribution in [0.15, 0.2) is 48.9 Å². The number of hydrogen-bond acceptors (Lipinski definition) is 3. The summed E-state index contributed by atoms with van der Waals surface area (Å²) in [5, 5.41) is 6.95. The molecule has 0 spiro atoms. The van der Waals surface area contributed by atoms with E-state index in [0.717, 1.165) is 11.4 Å². The van der Waals surface area contributed by atoms with Crippen molar-refractivity contribution in [3.05, 3.63) is 60.2 Å². The number of para-hydroxylation sites is 1.